The first-order valence-corrected chi connectivity index (χ1v) is 8.36. The Balaban J connectivity index is 3.04. The third-order valence-corrected chi connectivity index (χ3v) is 4.33. The van der Waals surface area contributed by atoms with Crippen LogP contribution < -0.4 is 5.19 Å². The Morgan fingerprint density at radius 3 is 2.21 bits per heavy atom. The maximum absolute atomic E-state index is 8.97. The highest BCUT2D eigenvalue weighted by atomic mass is 28.3. The van der Waals surface area contributed by atoms with Gasteiger partial charge in [-0.25, -0.2) is 0 Å². The summed E-state index contributed by atoms with van der Waals surface area (Å²) in [5, 5.41) is 19.2. The van der Waals surface area contributed by atoms with E-state index in [1.54, 1.807) is 0 Å². The number of benzene rings is 1. The molecule has 0 fully saturated rings. The van der Waals surface area contributed by atoms with Gasteiger partial charge in [-0.3, -0.25) is 0 Å². The van der Waals surface area contributed by atoms with E-state index in [4.69, 9.17) is 10.0 Å². The van der Waals surface area contributed by atoms with Crippen LogP contribution in [0.25, 0.3) is 0 Å². The fourth-order valence-corrected chi connectivity index (χ4v) is 3.37. The first-order chi connectivity index (χ1) is 6.41. The molecule has 0 aromatic heterocycles. The summed E-state index contributed by atoms with van der Waals surface area (Å²) in [5.74, 6) is 0. The van der Waals surface area contributed by atoms with Crippen LogP contribution in [0.15, 0.2) is 24.3 Å². The molecule has 2 N–H and O–H groups in total. The van der Waals surface area contributed by atoms with E-state index in [-0.39, 0.29) is 0 Å². The number of rotatable bonds is 3. The average molecular weight is 208 g/mol. The van der Waals surface area contributed by atoms with Gasteiger partial charge in [0.2, 0.25) is 0 Å². The van der Waals surface area contributed by atoms with Crippen LogP contribution in [0.5, 0.6) is 0 Å². The minimum absolute atomic E-state index is 0.334. The van der Waals surface area contributed by atoms with Gasteiger partial charge in [-0.05, 0) is 0 Å². The summed E-state index contributed by atoms with van der Waals surface area (Å²) in [6.45, 7) is 6.78. The van der Waals surface area contributed by atoms with E-state index in [0.717, 1.165) is 5.56 Å². The van der Waals surface area contributed by atoms with Crippen LogP contribution in [-0.2, 0) is 6.32 Å². The first kappa shape index (κ1) is 11.5. The van der Waals surface area contributed by atoms with E-state index in [1.807, 2.05) is 18.2 Å². The lowest BCUT2D eigenvalue weighted by Crippen LogP contribution is -2.41. The van der Waals surface area contributed by atoms with Crippen molar-refractivity contribution >= 4 is 20.4 Å². The Morgan fingerprint density at radius 2 is 1.71 bits per heavy atom. The summed E-state index contributed by atoms with van der Waals surface area (Å²) in [5.41, 5.74) is 1.07. The highest BCUT2D eigenvalue weighted by Gasteiger charge is 2.21. The van der Waals surface area contributed by atoms with Gasteiger partial charge in [0.05, 0.1) is 8.07 Å². The van der Waals surface area contributed by atoms with Crippen molar-refractivity contribution in [2.45, 2.75) is 26.0 Å². The van der Waals surface area contributed by atoms with E-state index in [0.29, 0.717) is 6.32 Å². The lowest BCUT2D eigenvalue weighted by molar-refractivity contribution is 0.405. The second-order valence-electron chi connectivity index (χ2n) is 4.59. The molecule has 0 unspecified atom stereocenters. The van der Waals surface area contributed by atoms with Crippen LogP contribution in [0, 0.1) is 0 Å². The van der Waals surface area contributed by atoms with Crippen LogP contribution in [-0.4, -0.2) is 25.2 Å². The predicted octanol–water partition coefficient (Wildman–Crippen LogP) is 0.786. The average Bonchev–Trinajstić information content (AvgIpc) is 2.01. The molecule has 0 bridgehead atoms. The Bertz CT molecular complexity index is 307. The van der Waals surface area contributed by atoms with E-state index in [2.05, 4.69) is 25.7 Å². The summed E-state index contributed by atoms with van der Waals surface area (Å²) in [7, 11) is -2.61. The van der Waals surface area contributed by atoms with Crippen LogP contribution in [0.1, 0.15) is 5.56 Å². The zero-order valence-electron chi connectivity index (χ0n) is 8.99. The van der Waals surface area contributed by atoms with Gasteiger partial charge < -0.3 is 10.0 Å². The molecule has 76 valence electrons. The van der Waals surface area contributed by atoms with Crippen molar-refractivity contribution in [3.8, 4) is 0 Å². The summed E-state index contributed by atoms with van der Waals surface area (Å²) in [6.07, 6.45) is 0.334. The van der Waals surface area contributed by atoms with Crippen molar-refractivity contribution in [2.75, 3.05) is 0 Å². The van der Waals surface area contributed by atoms with Crippen molar-refractivity contribution < 1.29 is 10.0 Å². The first-order valence-electron chi connectivity index (χ1n) is 4.86. The standard InChI is InChI=1S/C10H17BO2Si/c1-14(2,3)10-7-5-4-6-9(10)8-11(12)13/h4-7,12-13H,8H2,1-3H3. The molecule has 0 heterocycles. The third-order valence-electron chi connectivity index (χ3n) is 2.23. The smallest absolute Gasteiger partial charge is 0.427 e. The normalized spacial score (nSPS) is 11.5. The molecular weight excluding hydrogens is 191 g/mol. The molecule has 0 saturated carbocycles. The van der Waals surface area contributed by atoms with Gasteiger partial charge in [0.15, 0.2) is 0 Å². The Labute approximate surface area is 86.8 Å². The number of hydrogen-bond donors (Lipinski definition) is 2. The topological polar surface area (TPSA) is 40.5 Å². The predicted molar refractivity (Wildman–Crippen MR) is 63.3 cm³/mol. The van der Waals surface area contributed by atoms with E-state index < -0.39 is 15.2 Å². The quantitative estimate of drug-likeness (QED) is 0.721. The Kier molecular flexibility index (Phi) is 3.53. The van der Waals surface area contributed by atoms with Gasteiger partial charge in [-0.2, -0.15) is 0 Å². The molecule has 1 aromatic rings. The van der Waals surface area contributed by atoms with E-state index >= 15 is 0 Å². The lowest BCUT2D eigenvalue weighted by Gasteiger charge is -2.20. The summed E-state index contributed by atoms with van der Waals surface area (Å²) in [4.78, 5) is 0. The number of hydrogen-bond acceptors (Lipinski definition) is 2. The molecule has 1 aromatic carbocycles. The molecule has 14 heavy (non-hydrogen) atoms. The minimum Gasteiger partial charge on any atom is -0.427 e. The molecule has 0 aliphatic carbocycles. The van der Waals surface area contributed by atoms with E-state index in [9.17, 15) is 0 Å². The largest absolute Gasteiger partial charge is 0.456 e. The highest BCUT2D eigenvalue weighted by molar-refractivity contribution is 6.89. The highest BCUT2D eigenvalue weighted by Crippen LogP contribution is 2.08. The summed E-state index contributed by atoms with van der Waals surface area (Å²) < 4.78 is 0. The van der Waals surface area contributed by atoms with Gasteiger partial charge in [0.25, 0.3) is 0 Å². The molecule has 0 saturated heterocycles. The van der Waals surface area contributed by atoms with Crippen molar-refractivity contribution in [2.24, 2.45) is 0 Å². The summed E-state index contributed by atoms with van der Waals surface area (Å²) in [6, 6.07) is 8.04. The molecular formula is C10H17BO2Si. The SMILES string of the molecule is C[Si](C)(C)c1ccccc1CB(O)O. The van der Waals surface area contributed by atoms with Gasteiger partial charge in [-0.15, -0.1) is 0 Å². The maximum Gasteiger partial charge on any atom is 0.456 e. The minimum atomic E-state index is -1.37. The van der Waals surface area contributed by atoms with Crippen LogP contribution in [0.2, 0.25) is 19.6 Å². The molecule has 0 aliphatic rings. The maximum atomic E-state index is 8.97. The van der Waals surface area contributed by atoms with Gasteiger partial charge in [-0.1, -0.05) is 54.7 Å². The molecule has 0 spiro atoms. The van der Waals surface area contributed by atoms with Gasteiger partial charge in [0, 0.05) is 6.32 Å². The zero-order chi connectivity index (χ0) is 10.8. The summed E-state index contributed by atoms with van der Waals surface area (Å²) >= 11 is 0. The fourth-order valence-electron chi connectivity index (χ4n) is 1.63. The second kappa shape index (κ2) is 4.30. The Morgan fingerprint density at radius 1 is 1.14 bits per heavy atom. The van der Waals surface area contributed by atoms with Gasteiger partial charge >= 0.3 is 7.12 Å². The molecule has 2 nitrogen and oxygen atoms in total. The molecule has 1 rings (SSSR count). The molecule has 4 heteroatoms. The zero-order valence-corrected chi connectivity index (χ0v) is 9.99. The lowest BCUT2D eigenvalue weighted by atomic mass is 9.82. The van der Waals surface area contributed by atoms with Gasteiger partial charge in [0.1, 0.15) is 0 Å². The van der Waals surface area contributed by atoms with Crippen molar-refractivity contribution in [1.82, 2.24) is 0 Å². The molecule has 0 amide bonds. The third kappa shape index (κ3) is 2.97. The van der Waals surface area contributed by atoms with Crippen molar-refractivity contribution in [1.29, 1.82) is 0 Å². The second-order valence-corrected chi connectivity index (χ2v) is 9.63. The van der Waals surface area contributed by atoms with Crippen LogP contribution in [0.3, 0.4) is 0 Å². The molecule has 0 radical (unpaired) electrons. The van der Waals surface area contributed by atoms with Crippen molar-refractivity contribution in [3.63, 3.8) is 0 Å². The monoisotopic (exact) mass is 208 g/mol. The van der Waals surface area contributed by atoms with Crippen molar-refractivity contribution in [3.05, 3.63) is 29.8 Å². The van der Waals surface area contributed by atoms with Crippen LogP contribution in [0.4, 0.5) is 0 Å². The Hall–Kier alpha value is -0.578. The molecule has 0 aliphatic heterocycles. The fraction of sp³-hybridized carbons (Fsp3) is 0.400. The van der Waals surface area contributed by atoms with E-state index in [1.165, 1.54) is 5.19 Å². The van der Waals surface area contributed by atoms with Crippen LogP contribution >= 0.6 is 0 Å². The molecule has 0 atom stereocenters.